The fraction of sp³-hybridized carbons (Fsp3) is 0.571. The molecule has 0 saturated carbocycles. The van der Waals surface area contributed by atoms with Crippen LogP contribution in [0.4, 0.5) is 0 Å². The van der Waals surface area contributed by atoms with Crippen molar-refractivity contribution in [3.63, 3.8) is 0 Å². The predicted molar refractivity (Wildman–Crippen MR) is 71.3 cm³/mol. The van der Waals surface area contributed by atoms with Gasteiger partial charge in [-0.05, 0) is 0 Å². The van der Waals surface area contributed by atoms with Gasteiger partial charge < -0.3 is 0 Å². The van der Waals surface area contributed by atoms with Gasteiger partial charge in [-0.3, -0.25) is 0 Å². The van der Waals surface area contributed by atoms with Crippen molar-refractivity contribution in [3.05, 3.63) is 30.3 Å². The summed E-state index contributed by atoms with van der Waals surface area (Å²) in [5.41, 5.74) is 0. The fourth-order valence-electron chi connectivity index (χ4n) is 1.86. The zero-order valence-electron chi connectivity index (χ0n) is 10.1. The van der Waals surface area contributed by atoms with Crippen molar-refractivity contribution in [2.24, 2.45) is 0 Å². The summed E-state index contributed by atoms with van der Waals surface area (Å²) in [6, 6.07) is 12.5. The second-order valence-electron chi connectivity index (χ2n) is 4.31. The van der Waals surface area contributed by atoms with Crippen LogP contribution in [0, 0.1) is 0 Å². The average Bonchev–Trinajstić information content (AvgIpc) is 2.30. The zero-order valence-corrected chi connectivity index (χ0v) is 11.1. The number of hydrogen-bond donors (Lipinski definition) is 0. The molecule has 0 bridgehead atoms. The summed E-state index contributed by atoms with van der Waals surface area (Å²) < 4.78 is 0. The molecule has 0 aromatic heterocycles. The molecule has 0 aliphatic rings. The van der Waals surface area contributed by atoms with E-state index in [-0.39, 0.29) is 8.80 Å². The van der Waals surface area contributed by atoms with Crippen LogP contribution in [-0.4, -0.2) is 8.80 Å². The monoisotopic (exact) mass is 219 g/mol. The second kappa shape index (κ2) is 7.69. The molecule has 83 valence electrons. The highest BCUT2D eigenvalue weighted by Crippen LogP contribution is 2.07. The minimum absolute atomic E-state index is 0.254. The number of unbranched alkanes of at least 4 members (excludes halogenated alkanes) is 4. The Hall–Kier alpha value is -0.563. The highest BCUT2D eigenvalue weighted by Gasteiger charge is 2.05. The Labute approximate surface area is 96.3 Å². The molecule has 0 spiro atoms. The summed E-state index contributed by atoms with van der Waals surface area (Å²) in [5.74, 6) is 0. The van der Waals surface area contributed by atoms with Crippen LogP contribution in [0.2, 0.25) is 12.6 Å². The lowest BCUT2D eigenvalue weighted by molar-refractivity contribution is 0.654. The predicted octanol–water partition coefficient (Wildman–Crippen LogP) is 3.99. The SMILES string of the molecule is CCCCCCC[Si](C)c1ccccc1. The molecule has 0 nitrogen and oxygen atoms in total. The molecule has 1 rings (SSSR count). The Kier molecular flexibility index (Phi) is 6.41. The van der Waals surface area contributed by atoms with Crippen LogP contribution in [-0.2, 0) is 0 Å². The Balaban J connectivity index is 2.16. The minimum atomic E-state index is -0.254. The van der Waals surface area contributed by atoms with Gasteiger partial charge in [0.2, 0.25) is 0 Å². The van der Waals surface area contributed by atoms with Crippen molar-refractivity contribution in [3.8, 4) is 0 Å². The van der Waals surface area contributed by atoms with E-state index in [4.69, 9.17) is 0 Å². The van der Waals surface area contributed by atoms with Gasteiger partial charge in [0.15, 0.2) is 0 Å². The first-order valence-electron chi connectivity index (χ1n) is 6.22. The molecule has 1 aromatic rings. The van der Waals surface area contributed by atoms with E-state index >= 15 is 0 Å². The van der Waals surface area contributed by atoms with Gasteiger partial charge in [-0.1, -0.05) is 87.1 Å². The molecule has 0 atom stereocenters. The normalized spacial score (nSPS) is 10.9. The smallest absolute Gasteiger partial charge is 0.0669 e. The van der Waals surface area contributed by atoms with Crippen molar-refractivity contribution in [1.82, 2.24) is 0 Å². The number of benzene rings is 1. The summed E-state index contributed by atoms with van der Waals surface area (Å²) in [6.45, 7) is 4.72. The van der Waals surface area contributed by atoms with Crippen molar-refractivity contribution in [1.29, 1.82) is 0 Å². The van der Waals surface area contributed by atoms with Crippen molar-refractivity contribution >= 4 is 14.0 Å². The fourth-order valence-corrected chi connectivity index (χ4v) is 3.69. The molecule has 0 N–H and O–H groups in total. The van der Waals surface area contributed by atoms with Crippen LogP contribution >= 0.6 is 0 Å². The summed E-state index contributed by atoms with van der Waals surface area (Å²) in [6.07, 6.45) is 7.06. The highest BCUT2D eigenvalue weighted by molar-refractivity contribution is 6.71. The van der Waals surface area contributed by atoms with Crippen molar-refractivity contribution in [2.45, 2.75) is 51.6 Å². The number of rotatable bonds is 7. The Bertz CT molecular complexity index is 243. The van der Waals surface area contributed by atoms with E-state index < -0.39 is 0 Å². The maximum Gasteiger partial charge on any atom is 0.0824 e. The van der Waals surface area contributed by atoms with Gasteiger partial charge in [0.1, 0.15) is 0 Å². The summed E-state index contributed by atoms with van der Waals surface area (Å²) in [5, 5.41) is 1.60. The lowest BCUT2D eigenvalue weighted by atomic mass is 10.2. The topological polar surface area (TPSA) is 0 Å². The highest BCUT2D eigenvalue weighted by atomic mass is 28.3. The molecule has 0 saturated heterocycles. The Morgan fingerprint density at radius 3 is 2.27 bits per heavy atom. The quantitative estimate of drug-likeness (QED) is 0.480. The zero-order chi connectivity index (χ0) is 10.9. The van der Waals surface area contributed by atoms with E-state index in [1.54, 1.807) is 5.19 Å². The molecule has 1 radical (unpaired) electrons. The van der Waals surface area contributed by atoms with E-state index in [9.17, 15) is 0 Å². The van der Waals surface area contributed by atoms with Gasteiger partial charge in [-0.15, -0.1) is 0 Å². The van der Waals surface area contributed by atoms with Crippen molar-refractivity contribution < 1.29 is 0 Å². The van der Waals surface area contributed by atoms with Crippen LogP contribution in [0.25, 0.3) is 0 Å². The first-order chi connectivity index (χ1) is 7.34. The Morgan fingerprint density at radius 1 is 0.933 bits per heavy atom. The maximum atomic E-state index is 2.44. The van der Waals surface area contributed by atoms with Crippen LogP contribution in [0.15, 0.2) is 30.3 Å². The first-order valence-corrected chi connectivity index (χ1v) is 8.43. The van der Waals surface area contributed by atoms with Crippen LogP contribution in [0.3, 0.4) is 0 Å². The van der Waals surface area contributed by atoms with Gasteiger partial charge in [-0.2, -0.15) is 0 Å². The third kappa shape index (κ3) is 5.17. The summed E-state index contributed by atoms with van der Waals surface area (Å²) >= 11 is 0. The molecule has 0 aliphatic heterocycles. The third-order valence-electron chi connectivity index (χ3n) is 2.92. The van der Waals surface area contributed by atoms with Crippen LogP contribution in [0.1, 0.15) is 39.0 Å². The molecule has 0 heterocycles. The standard InChI is InChI=1S/C14H23Si/c1-3-4-5-6-10-13-15(2)14-11-8-7-9-12-14/h7-9,11-12H,3-6,10,13H2,1-2H3. The van der Waals surface area contributed by atoms with Crippen molar-refractivity contribution in [2.75, 3.05) is 0 Å². The second-order valence-corrected chi connectivity index (χ2v) is 6.95. The van der Waals surface area contributed by atoms with E-state index in [1.165, 1.54) is 38.1 Å². The van der Waals surface area contributed by atoms with Gasteiger partial charge >= 0.3 is 0 Å². The van der Waals surface area contributed by atoms with E-state index in [0.717, 1.165) is 0 Å². The molecule has 1 aromatic carbocycles. The third-order valence-corrected chi connectivity index (χ3v) is 5.34. The lowest BCUT2D eigenvalue weighted by Gasteiger charge is -2.09. The largest absolute Gasteiger partial charge is 0.0824 e. The van der Waals surface area contributed by atoms with E-state index in [2.05, 4.69) is 43.8 Å². The van der Waals surface area contributed by atoms with Crippen LogP contribution in [0.5, 0.6) is 0 Å². The molecule has 1 heteroatoms. The minimum Gasteiger partial charge on any atom is -0.0669 e. The summed E-state index contributed by atoms with van der Waals surface area (Å²) in [4.78, 5) is 0. The van der Waals surface area contributed by atoms with Gasteiger partial charge in [-0.25, -0.2) is 0 Å². The molecule has 0 amide bonds. The Morgan fingerprint density at radius 2 is 1.60 bits per heavy atom. The molecular formula is C14H23Si. The number of hydrogen-bond acceptors (Lipinski definition) is 0. The maximum absolute atomic E-state index is 2.44. The lowest BCUT2D eigenvalue weighted by Crippen LogP contribution is -2.25. The molecule has 15 heavy (non-hydrogen) atoms. The van der Waals surface area contributed by atoms with Crippen LogP contribution < -0.4 is 5.19 Å². The first kappa shape index (κ1) is 12.5. The van der Waals surface area contributed by atoms with E-state index in [1.807, 2.05) is 0 Å². The van der Waals surface area contributed by atoms with Gasteiger partial charge in [0.25, 0.3) is 0 Å². The van der Waals surface area contributed by atoms with E-state index in [0.29, 0.717) is 0 Å². The van der Waals surface area contributed by atoms with Gasteiger partial charge in [0.05, 0.1) is 8.80 Å². The molecule has 0 unspecified atom stereocenters. The summed E-state index contributed by atoms with van der Waals surface area (Å²) in [7, 11) is -0.254. The molecule has 0 aliphatic carbocycles. The molecule has 0 fully saturated rings. The average molecular weight is 219 g/mol. The molecular weight excluding hydrogens is 196 g/mol. The van der Waals surface area contributed by atoms with Gasteiger partial charge in [0, 0.05) is 0 Å².